The number of hydrogen-bond donors (Lipinski definition) is 0. The van der Waals surface area contributed by atoms with Gasteiger partial charge in [-0.15, -0.1) is 17.0 Å². The average molecular weight is 400 g/mol. The molecule has 0 bridgehead atoms. The molecule has 0 saturated heterocycles. The van der Waals surface area contributed by atoms with Crippen LogP contribution < -0.4 is 21.5 Å². The number of aryl methyl sites for hydroxylation is 2. The minimum atomic E-state index is 0. The number of rotatable bonds is 2. The Hall–Kier alpha value is -1.27. The van der Waals surface area contributed by atoms with Crippen LogP contribution in [0.3, 0.4) is 0 Å². The largest absolute Gasteiger partial charge is 1.00 e. The third-order valence-corrected chi connectivity index (χ3v) is 3.19. The summed E-state index contributed by atoms with van der Waals surface area (Å²) in [6, 6.07) is 6.19. The molecule has 0 unspecified atom stereocenters. The Morgan fingerprint density at radius 1 is 1.20 bits per heavy atom. The Balaban J connectivity index is 0.000001000. The Morgan fingerprint density at radius 3 is 2.75 bits per heavy atom. The van der Waals surface area contributed by atoms with Crippen molar-refractivity contribution in [3.8, 4) is 0 Å². The van der Waals surface area contributed by atoms with Crippen molar-refractivity contribution in [3.63, 3.8) is 0 Å². The fourth-order valence-electron chi connectivity index (χ4n) is 2.13. The number of halogens is 2. The molecule has 0 saturated carbocycles. The van der Waals surface area contributed by atoms with Crippen LogP contribution in [-0.2, 0) is 6.54 Å². The van der Waals surface area contributed by atoms with Crippen LogP contribution in [0.1, 0.15) is 17.1 Å². The number of hydrogen-bond acceptors (Lipinski definition) is 2. The monoisotopic (exact) mass is 398 g/mol. The lowest BCUT2D eigenvalue weighted by molar-refractivity contribution is -0.694. The van der Waals surface area contributed by atoms with Crippen molar-refractivity contribution >= 4 is 22.6 Å². The van der Waals surface area contributed by atoms with Crippen molar-refractivity contribution < 1.29 is 21.5 Å². The van der Waals surface area contributed by atoms with Gasteiger partial charge in [-0.25, -0.2) is 9.97 Å². The highest BCUT2D eigenvalue weighted by atomic mass is 79.9. The van der Waals surface area contributed by atoms with Crippen molar-refractivity contribution in [1.82, 2.24) is 14.4 Å². The van der Waals surface area contributed by atoms with Gasteiger partial charge in [0.1, 0.15) is 11.5 Å². The molecule has 0 N–H and O–H groups in total. The highest BCUT2D eigenvalue weighted by Crippen LogP contribution is 2.09. The van der Waals surface area contributed by atoms with Gasteiger partial charge in [-0.05, 0) is 6.92 Å². The number of aromatic nitrogens is 4. The van der Waals surface area contributed by atoms with Gasteiger partial charge < -0.3 is 17.0 Å². The molecule has 6 heteroatoms. The highest BCUT2D eigenvalue weighted by molar-refractivity contribution is 8.93. The Kier molecular flexibility index (Phi) is 5.83. The smallest absolute Gasteiger partial charge is 0.179 e. The first-order chi connectivity index (χ1) is 8.75. The van der Waals surface area contributed by atoms with E-state index in [1.165, 1.54) is 5.69 Å². The molecule has 0 aliphatic rings. The van der Waals surface area contributed by atoms with Crippen LogP contribution in [-0.4, -0.2) is 14.4 Å². The van der Waals surface area contributed by atoms with Gasteiger partial charge in [0.25, 0.3) is 0 Å². The lowest BCUT2D eigenvalue weighted by atomic mass is 10.3. The molecule has 4 nitrogen and oxygen atoms in total. The topological polar surface area (TPSA) is 34.1 Å². The first-order valence-electron chi connectivity index (χ1n) is 5.98. The van der Waals surface area contributed by atoms with Crippen LogP contribution in [0.5, 0.6) is 0 Å². The minimum absolute atomic E-state index is 0. The number of imidazole rings is 1. The van der Waals surface area contributed by atoms with Gasteiger partial charge >= 0.3 is 0 Å². The van der Waals surface area contributed by atoms with E-state index in [2.05, 4.69) is 33.7 Å². The quantitative estimate of drug-likeness (QED) is 0.532. The molecule has 0 aliphatic carbocycles. The van der Waals surface area contributed by atoms with Gasteiger partial charge in [0.2, 0.25) is 0 Å². The lowest BCUT2D eigenvalue weighted by Gasteiger charge is -2.04. The number of fused-ring (bicyclic) bond motifs is 1. The average Bonchev–Trinajstić information content (AvgIpc) is 2.85. The fraction of sp³-hybridized carbons (Fsp3) is 0.214. The van der Waals surface area contributed by atoms with E-state index >= 15 is 0 Å². The highest BCUT2D eigenvalue weighted by Gasteiger charge is 2.11. The second kappa shape index (κ2) is 6.95. The molecule has 0 radical (unpaired) electrons. The van der Waals surface area contributed by atoms with E-state index in [9.17, 15) is 0 Å². The first-order valence-corrected chi connectivity index (χ1v) is 5.98. The fourth-order valence-corrected chi connectivity index (χ4v) is 2.13. The second-order valence-corrected chi connectivity index (χ2v) is 4.42. The molecule has 3 aromatic rings. The summed E-state index contributed by atoms with van der Waals surface area (Å²) in [5.41, 5.74) is 3.34. The zero-order valence-electron chi connectivity index (χ0n) is 11.3. The van der Waals surface area contributed by atoms with Gasteiger partial charge in [0.15, 0.2) is 18.4 Å². The zero-order valence-corrected chi connectivity index (χ0v) is 14.6. The summed E-state index contributed by atoms with van der Waals surface area (Å²) in [7, 11) is 0. The summed E-state index contributed by atoms with van der Waals surface area (Å²) >= 11 is 0. The maximum absolute atomic E-state index is 4.41. The molecular formula is C14H16Br2N4. The van der Waals surface area contributed by atoms with Crippen LogP contribution in [0.25, 0.3) is 5.65 Å². The summed E-state index contributed by atoms with van der Waals surface area (Å²) in [6.45, 7) is 4.88. The minimum Gasteiger partial charge on any atom is -1.00 e. The van der Waals surface area contributed by atoms with E-state index in [0.29, 0.717) is 0 Å². The van der Waals surface area contributed by atoms with Gasteiger partial charge in [-0.2, -0.15) is 4.57 Å². The molecule has 0 spiro atoms. The third kappa shape index (κ3) is 3.07. The summed E-state index contributed by atoms with van der Waals surface area (Å²) in [4.78, 5) is 8.83. The normalized spacial score (nSPS) is 9.90. The third-order valence-electron chi connectivity index (χ3n) is 3.19. The molecule has 3 rings (SSSR count). The molecule has 0 atom stereocenters. The predicted molar refractivity (Wildman–Crippen MR) is 78.5 cm³/mol. The van der Waals surface area contributed by atoms with Gasteiger partial charge in [-0.1, -0.05) is 6.07 Å². The van der Waals surface area contributed by atoms with Crippen molar-refractivity contribution in [2.45, 2.75) is 20.4 Å². The zero-order chi connectivity index (χ0) is 12.5. The molecular weight excluding hydrogens is 384 g/mol. The maximum atomic E-state index is 4.41. The number of nitrogens with zero attached hydrogens (tertiary/aromatic N) is 4. The van der Waals surface area contributed by atoms with Crippen LogP contribution in [0.15, 0.2) is 43.0 Å². The summed E-state index contributed by atoms with van der Waals surface area (Å²) < 4.78 is 4.22. The summed E-state index contributed by atoms with van der Waals surface area (Å²) in [5, 5.41) is 0. The Bertz CT molecular complexity index is 709. The van der Waals surface area contributed by atoms with E-state index in [1.54, 1.807) is 0 Å². The molecule has 0 aliphatic heterocycles. The van der Waals surface area contributed by atoms with Crippen molar-refractivity contribution in [3.05, 3.63) is 60.1 Å². The van der Waals surface area contributed by atoms with Gasteiger partial charge in [-0.3, -0.25) is 4.40 Å². The molecule has 106 valence electrons. The van der Waals surface area contributed by atoms with E-state index in [1.807, 2.05) is 42.0 Å². The van der Waals surface area contributed by atoms with Gasteiger partial charge in [0, 0.05) is 37.6 Å². The van der Waals surface area contributed by atoms with Crippen molar-refractivity contribution in [2.24, 2.45) is 0 Å². The Labute approximate surface area is 139 Å². The van der Waals surface area contributed by atoms with Gasteiger partial charge in [0.05, 0.1) is 5.56 Å². The second-order valence-electron chi connectivity index (χ2n) is 4.42. The molecule has 0 fully saturated rings. The standard InChI is InChI=1S/C14H15N4.2BrH/c1-11-5-3-4-7-17(11)10-13-9-16-12(2)18-8-6-15-14(13)18;;/h3-9H,10H2,1-2H3;2*1H/q+1;;/p-1. The molecule has 0 amide bonds. The van der Waals surface area contributed by atoms with Crippen LogP contribution in [0.4, 0.5) is 0 Å². The Morgan fingerprint density at radius 2 is 2.00 bits per heavy atom. The van der Waals surface area contributed by atoms with Crippen LogP contribution in [0.2, 0.25) is 0 Å². The van der Waals surface area contributed by atoms with E-state index in [0.717, 1.165) is 23.6 Å². The maximum Gasteiger partial charge on any atom is 0.179 e. The van der Waals surface area contributed by atoms with Crippen LogP contribution in [0, 0.1) is 13.8 Å². The van der Waals surface area contributed by atoms with E-state index in [4.69, 9.17) is 0 Å². The lowest BCUT2D eigenvalue weighted by Crippen LogP contribution is -3.00. The molecule has 3 heterocycles. The molecule has 0 aromatic carbocycles. The van der Waals surface area contributed by atoms with E-state index < -0.39 is 0 Å². The number of pyridine rings is 1. The van der Waals surface area contributed by atoms with Crippen molar-refractivity contribution in [2.75, 3.05) is 0 Å². The SMILES string of the molecule is Br.Cc1ncc(C[n+]2ccccc2C)c2nccn12.[Br-]. The predicted octanol–water partition coefficient (Wildman–Crippen LogP) is -0.736. The summed E-state index contributed by atoms with van der Waals surface area (Å²) in [5.74, 6) is 0.959. The summed E-state index contributed by atoms with van der Waals surface area (Å²) in [6.07, 6.45) is 7.76. The first kappa shape index (κ1) is 16.8. The van der Waals surface area contributed by atoms with Crippen LogP contribution >= 0.6 is 17.0 Å². The molecule has 3 aromatic heterocycles. The van der Waals surface area contributed by atoms with E-state index in [-0.39, 0.29) is 34.0 Å². The van der Waals surface area contributed by atoms with Crippen molar-refractivity contribution in [1.29, 1.82) is 0 Å². The molecule has 20 heavy (non-hydrogen) atoms.